The Morgan fingerprint density at radius 3 is 2.41 bits per heavy atom. The molecule has 1 aromatic heterocycles. The third-order valence-corrected chi connectivity index (χ3v) is 6.16. The molecule has 0 saturated carbocycles. The van der Waals surface area contributed by atoms with Crippen LogP contribution in [0.15, 0.2) is 68.5 Å². The number of nitrogens with one attached hydrogen (secondary N) is 2. The molecule has 2 aromatic carbocycles. The number of hydrogen-bond acceptors (Lipinski definition) is 8. The summed E-state index contributed by atoms with van der Waals surface area (Å²) < 4.78 is 35.8. The highest BCUT2D eigenvalue weighted by atomic mass is 79.9. The fourth-order valence-electron chi connectivity index (χ4n) is 2.47. The normalized spacial score (nSPS) is 11.0. The highest BCUT2D eigenvalue weighted by molar-refractivity contribution is 9.10. The van der Waals surface area contributed by atoms with Crippen molar-refractivity contribution in [3.8, 4) is 5.75 Å². The van der Waals surface area contributed by atoms with Gasteiger partial charge in [-0.05, 0) is 36.4 Å². The van der Waals surface area contributed by atoms with Gasteiger partial charge in [-0.2, -0.15) is 4.98 Å². The summed E-state index contributed by atoms with van der Waals surface area (Å²) in [5.74, 6) is -1.47. The SMILES string of the molecule is O=C(COc1ccc(Br)cc1)NCCNC(=O)c1nc(CS(=O)(=O)c2ccccc2)no1. The van der Waals surface area contributed by atoms with Crippen LogP contribution >= 0.6 is 15.9 Å². The van der Waals surface area contributed by atoms with Crippen LogP contribution in [0.25, 0.3) is 0 Å². The first-order chi connectivity index (χ1) is 15.3. The molecule has 0 atom stereocenters. The molecule has 0 aliphatic heterocycles. The van der Waals surface area contributed by atoms with E-state index in [0.29, 0.717) is 5.75 Å². The Kier molecular flexibility index (Phi) is 7.95. The Labute approximate surface area is 192 Å². The molecule has 10 nitrogen and oxygen atoms in total. The van der Waals surface area contributed by atoms with E-state index in [-0.39, 0.29) is 42.2 Å². The molecule has 0 unspecified atom stereocenters. The van der Waals surface area contributed by atoms with E-state index in [0.717, 1.165) is 4.47 Å². The number of halogens is 1. The zero-order valence-electron chi connectivity index (χ0n) is 16.7. The van der Waals surface area contributed by atoms with Gasteiger partial charge in [-0.25, -0.2) is 8.42 Å². The number of aromatic nitrogens is 2. The summed E-state index contributed by atoms with van der Waals surface area (Å²) in [5.41, 5.74) is 0. The first kappa shape index (κ1) is 23.4. The zero-order valence-corrected chi connectivity index (χ0v) is 19.1. The minimum Gasteiger partial charge on any atom is -0.484 e. The van der Waals surface area contributed by atoms with Crippen LogP contribution in [0.1, 0.15) is 16.5 Å². The van der Waals surface area contributed by atoms with Gasteiger partial charge in [-0.1, -0.05) is 39.3 Å². The summed E-state index contributed by atoms with van der Waals surface area (Å²) in [4.78, 5) is 27.8. The van der Waals surface area contributed by atoms with Gasteiger partial charge in [0.15, 0.2) is 22.3 Å². The standard InChI is InChI=1S/C20H19BrN4O6S/c21-14-6-8-15(9-7-14)30-12-18(26)22-10-11-23-19(27)20-24-17(25-31-20)13-32(28,29)16-4-2-1-3-5-16/h1-9H,10-13H2,(H,22,26)(H,23,27). The van der Waals surface area contributed by atoms with E-state index in [9.17, 15) is 18.0 Å². The number of hydrogen-bond donors (Lipinski definition) is 2. The molecule has 3 rings (SSSR count). The van der Waals surface area contributed by atoms with Crippen molar-refractivity contribution < 1.29 is 27.3 Å². The molecule has 0 spiro atoms. The van der Waals surface area contributed by atoms with Gasteiger partial charge in [-0.15, -0.1) is 0 Å². The van der Waals surface area contributed by atoms with Crippen LogP contribution in [-0.2, 0) is 20.4 Å². The number of rotatable bonds is 10. The molecule has 168 valence electrons. The maximum atomic E-state index is 12.3. The van der Waals surface area contributed by atoms with E-state index < -0.39 is 21.5 Å². The van der Waals surface area contributed by atoms with Gasteiger partial charge < -0.3 is 19.9 Å². The third kappa shape index (κ3) is 6.89. The number of carbonyl (C=O) groups is 2. The van der Waals surface area contributed by atoms with Gasteiger partial charge in [0, 0.05) is 17.6 Å². The van der Waals surface area contributed by atoms with E-state index in [1.165, 1.54) is 12.1 Å². The van der Waals surface area contributed by atoms with Crippen molar-refractivity contribution in [2.45, 2.75) is 10.6 Å². The average Bonchev–Trinajstić information content (AvgIpc) is 3.24. The summed E-state index contributed by atoms with van der Waals surface area (Å²) in [5, 5.41) is 8.64. The van der Waals surface area contributed by atoms with Gasteiger partial charge in [0.05, 0.1) is 4.90 Å². The van der Waals surface area contributed by atoms with Crippen LogP contribution in [0, 0.1) is 0 Å². The molecule has 0 aliphatic carbocycles. The Balaban J connectivity index is 1.39. The van der Waals surface area contributed by atoms with Gasteiger partial charge >= 0.3 is 11.8 Å². The maximum absolute atomic E-state index is 12.3. The molecular weight excluding hydrogens is 504 g/mol. The quantitative estimate of drug-likeness (QED) is 0.383. The predicted octanol–water partition coefficient (Wildman–Crippen LogP) is 1.73. The van der Waals surface area contributed by atoms with Crippen LogP contribution in [0.3, 0.4) is 0 Å². The lowest BCUT2D eigenvalue weighted by atomic mass is 10.3. The van der Waals surface area contributed by atoms with Gasteiger partial charge in [-0.3, -0.25) is 9.59 Å². The van der Waals surface area contributed by atoms with E-state index in [2.05, 4.69) is 36.7 Å². The number of amides is 2. The van der Waals surface area contributed by atoms with Crippen LogP contribution in [0.4, 0.5) is 0 Å². The Morgan fingerprint density at radius 2 is 1.69 bits per heavy atom. The molecule has 3 aromatic rings. The molecule has 0 fully saturated rings. The Hall–Kier alpha value is -3.25. The van der Waals surface area contributed by atoms with Gasteiger partial charge in [0.1, 0.15) is 11.5 Å². The summed E-state index contributed by atoms with van der Waals surface area (Å²) in [7, 11) is -3.66. The second-order valence-electron chi connectivity index (χ2n) is 6.44. The monoisotopic (exact) mass is 522 g/mol. The molecule has 2 amide bonds. The lowest BCUT2D eigenvalue weighted by Crippen LogP contribution is -2.36. The molecule has 0 radical (unpaired) electrons. The summed E-state index contributed by atoms with van der Waals surface area (Å²) in [6.45, 7) is 0.0824. The van der Waals surface area contributed by atoms with E-state index in [4.69, 9.17) is 9.26 Å². The molecule has 1 heterocycles. The first-order valence-corrected chi connectivity index (χ1v) is 11.8. The molecule has 12 heteroatoms. The molecule has 0 saturated heterocycles. The van der Waals surface area contributed by atoms with Crippen molar-refractivity contribution in [3.63, 3.8) is 0 Å². The molecular formula is C20H19BrN4O6S. The second kappa shape index (κ2) is 10.9. The minimum absolute atomic E-state index is 0.100. The van der Waals surface area contributed by atoms with Crippen molar-refractivity contribution in [2.75, 3.05) is 19.7 Å². The van der Waals surface area contributed by atoms with Crippen LogP contribution in [0.5, 0.6) is 5.75 Å². The number of carbonyl (C=O) groups excluding carboxylic acids is 2. The highest BCUT2D eigenvalue weighted by Crippen LogP contribution is 2.16. The summed E-state index contributed by atoms with van der Waals surface area (Å²) in [6.07, 6.45) is 0. The van der Waals surface area contributed by atoms with Crippen LogP contribution < -0.4 is 15.4 Å². The van der Waals surface area contributed by atoms with Crippen molar-refractivity contribution in [1.29, 1.82) is 0 Å². The van der Waals surface area contributed by atoms with Crippen molar-refractivity contribution >= 4 is 37.6 Å². The van der Waals surface area contributed by atoms with Crippen LogP contribution in [-0.4, -0.2) is 50.1 Å². The maximum Gasteiger partial charge on any atom is 0.315 e. The zero-order chi connectivity index (χ0) is 23.0. The van der Waals surface area contributed by atoms with Crippen molar-refractivity contribution in [3.05, 3.63) is 70.8 Å². The third-order valence-electron chi connectivity index (χ3n) is 4.00. The van der Waals surface area contributed by atoms with Gasteiger partial charge in [0.2, 0.25) is 0 Å². The van der Waals surface area contributed by atoms with Crippen molar-refractivity contribution in [2.24, 2.45) is 0 Å². The molecule has 32 heavy (non-hydrogen) atoms. The van der Waals surface area contributed by atoms with E-state index in [1.54, 1.807) is 42.5 Å². The lowest BCUT2D eigenvalue weighted by Gasteiger charge is -2.07. The van der Waals surface area contributed by atoms with Crippen molar-refractivity contribution in [1.82, 2.24) is 20.8 Å². The number of nitrogens with zero attached hydrogens (tertiary/aromatic N) is 2. The number of benzene rings is 2. The molecule has 2 N–H and O–H groups in total. The largest absolute Gasteiger partial charge is 0.484 e. The highest BCUT2D eigenvalue weighted by Gasteiger charge is 2.21. The van der Waals surface area contributed by atoms with E-state index >= 15 is 0 Å². The minimum atomic E-state index is -3.66. The van der Waals surface area contributed by atoms with Gasteiger partial charge in [0.25, 0.3) is 5.91 Å². The molecule has 0 bridgehead atoms. The molecule has 0 aliphatic rings. The number of sulfone groups is 1. The van der Waals surface area contributed by atoms with E-state index in [1.807, 2.05) is 0 Å². The van der Waals surface area contributed by atoms with Crippen LogP contribution in [0.2, 0.25) is 0 Å². The summed E-state index contributed by atoms with van der Waals surface area (Å²) >= 11 is 3.31. The lowest BCUT2D eigenvalue weighted by molar-refractivity contribution is -0.123. The first-order valence-electron chi connectivity index (χ1n) is 9.37. The fraction of sp³-hybridized carbons (Fsp3) is 0.200. The smallest absolute Gasteiger partial charge is 0.315 e. The topological polar surface area (TPSA) is 140 Å². The second-order valence-corrected chi connectivity index (χ2v) is 9.34. The fourth-order valence-corrected chi connectivity index (χ4v) is 3.93. The Bertz CT molecular complexity index is 1170. The number of ether oxygens (including phenoxy) is 1. The predicted molar refractivity (Wildman–Crippen MR) is 117 cm³/mol. The summed E-state index contributed by atoms with van der Waals surface area (Å²) in [6, 6.07) is 14.9. The average molecular weight is 523 g/mol. The Morgan fingerprint density at radius 1 is 1.00 bits per heavy atom.